The number of aldehydes is 1. The van der Waals surface area contributed by atoms with Crippen LogP contribution in [0.2, 0.25) is 0 Å². The molecule has 1 aromatic carbocycles. The van der Waals surface area contributed by atoms with Crippen LogP contribution in [0, 0.1) is 0 Å². The summed E-state index contributed by atoms with van der Waals surface area (Å²) in [6.45, 7) is 2.41. The number of carbonyl (C=O) groups excluding carboxylic acids is 1. The smallest absolute Gasteiger partial charge is 0.145 e. The summed E-state index contributed by atoms with van der Waals surface area (Å²) in [6, 6.07) is 7.93. The van der Waals surface area contributed by atoms with Gasteiger partial charge in [-0.3, -0.25) is 4.79 Å². The molecule has 0 bridgehead atoms. The number of hydrogen-bond acceptors (Lipinski definition) is 2. The van der Waals surface area contributed by atoms with Gasteiger partial charge in [0, 0.05) is 7.11 Å². The third-order valence-electron chi connectivity index (χ3n) is 1.87. The minimum atomic E-state index is 0.622. The first-order valence-electron chi connectivity index (χ1n) is 4.47. The summed E-state index contributed by atoms with van der Waals surface area (Å²) in [7, 11) is 1.67. The van der Waals surface area contributed by atoms with Crippen molar-refractivity contribution in [3.05, 3.63) is 41.0 Å². The van der Waals surface area contributed by atoms with Crippen molar-refractivity contribution in [2.45, 2.75) is 13.5 Å². The lowest BCUT2D eigenvalue weighted by Gasteiger charge is -1.99. The van der Waals surface area contributed by atoms with Gasteiger partial charge in [-0.25, -0.2) is 0 Å². The maximum Gasteiger partial charge on any atom is 0.145 e. The Kier molecular flexibility index (Phi) is 4.08. The van der Waals surface area contributed by atoms with Crippen LogP contribution in [0.4, 0.5) is 0 Å². The van der Waals surface area contributed by atoms with Gasteiger partial charge in [0.05, 0.1) is 6.61 Å². The van der Waals surface area contributed by atoms with Gasteiger partial charge >= 0.3 is 0 Å². The molecule has 0 aliphatic heterocycles. The Morgan fingerprint density at radius 1 is 1.36 bits per heavy atom. The van der Waals surface area contributed by atoms with Crippen LogP contribution in [0.25, 0.3) is 6.08 Å². The van der Waals surface area contributed by atoms with Gasteiger partial charge in [-0.05, 0) is 29.7 Å². The summed E-state index contributed by atoms with van der Waals surface area (Å²) < 4.78 is 5.00. The van der Waals surface area contributed by atoms with Gasteiger partial charge in [0.15, 0.2) is 0 Å². The predicted molar refractivity (Wildman–Crippen MR) is 56.9 cm³/mol. The van der Waals surface area contributed by atoms with E-state index in [0.717, 1.165) is 23.0 Å². The number of carbonyl (C=O) groups is 1. The van der Waals surface area contributed by atoms with Crippen LogP contribution in [-0.4, -0.2) is 13.4 Å². The summed E-state index contributed by atoms with van der Waals surface area (Å²) in [5.74, 6) is 0. The molecule has 0 atom stereocenters. The molecule has 0 heterocycles. The molecule has 0 aromatic heterocycles. The van der Waals surface area contributed by atoms with E-state index in [9.17, 15) is 4.79 Å². The van der Waals surface area contributed by atoms with Crippen LogP contribution in [0.15, 0.2) is 29.8 Å². The molecule has 0 fully saturated rings. The molecular formula is C12H14O2. The Morgan fingerprint density at radius 2 is 2.00 bits per heavy atom. The molecule has 74 valence electrons. The highest BCUT2D eigenvalue weighted by atomic mass is 16.5. The molecule has 2 nitrogen and oxygen atoms in total. The molecule has 0 aliphatic rings. The van der Waals surface area contributed by atoms with Crippen molar-refractivity contribution in [1.29, 1.82) is 0 Å². The maximum atomic E-state index is 10.4. The van der Waals surface area contributed by atoms with E-state index in [-0.39, 0.29) is 0 Å². The number of rotatable bonds is 4. The zero-order chi connectivity index (χ0) is 10.4. The third kappa shape index (κ3) is 3.15. The van der Waals surface area contributed by atoms with Crippen LogP contribution >= 0.6 is 0 Å². The van der Waals surface area contributed by atoms with Crippen molar-refractivity contribution in [2.24, 2.45) is 0 Å². The fraction of sp³-hybridized carbons (Fsp3) is 0.250. The molecule has 0 saturated heterocycles. The Morgan fingerprint density at radius 3 is 2.50 bits per heavy atom. The number of methoxy groups -OCH3 is 1. The van der Waals surface area contributed by atoms with Crippen LogP contribution < -0.4 is 0 Å². The minimum absolute atomic E-state index is 0.622. The monoisotopic (exact) mass is 190 g/mol. The number of ether oxygens (including phenoxy) is 1. The molecule has 0 spiro atoms. The van der Waals surface area contributed by atoms with Crippen molar-refractivity contribution >= 4 is 12.4 Å². The fourth-order valence-electron chi connectivity index (χ4n) is 1.17. The van der Waals surface area contributed by atoms with Gasteiger partial charge in [0.1, 0.15) is 6.29 Å². The molecule has 0 aliphatic carbocycles. The van der Waals surface area contributed by atoms with E-state index in [4.69, 9.17) is 4.74 Å². The molecule has 0 N–H and O–H groups in total. The molecule has 0 amide bonds. The Labute approximate surface area is 84.2 Å². The van der Waals surface area contributed by atoms with Crippen LogP contribution in [-0.2, 0) is 16.1 Å². The van der Waals surface area contributed by atoms with Crippen molar-refractivity contribution in [3.8, 4) is 0 Å². The van der Waals surface area contributed by atoms with Crippen molar-refractivity contribution in [2.75, 3.05) is 7.11 Å². The summed E-state index contributed by atoms with van der Waals surface area (Å²) in [6.07, 6.45) is 2.70. The van der Waals surface area contributed by atoms with E-state index in [1.54, 1.807) is 14.0 Å². The van der Waals surface area contributed by atoms with Gasteiger partial charge in [0.25, 0.3) is 0 Å². The average Bonchev–Trinajstić information content (AvgIpc) is 2.21. The zero-order valence-electron chi connectivity index (χ0n) is 8.49. The first-order chi connectivity index (χ1) is 6.76. The topological polar surface area (TPSA) is 26.3 Å². The van der Waals surface area contributed by atoms with Gasteiger partial charge in [-0.15, -0.1) is 0 Å². The van der Waals surface area contributed by atoms with E-state index >= 15 is 0 Å². The van der Waals surface area contributed by atoms with Crippen LogP contribution in [0.5, 0.6) is 0 Å². The number of benzene rings is 1. The highest BCUT2D eigenvalue weighted by Gasteiger charge is 1.92. The highest BCUT2D eigenvalue weighted by molar-refractivity contribution is 5.80. The second-order valence-corrected chi connectivity index (χ2v) is 3.18. The van der Waals surface area contributed by atoms with E-state index in [2.05, 4.69) is 0 Å². The number of allylic oxidation sites excluding steroid dienone is 1. The largest absolute Gasteiger partial charge is 0.380 e. The molecule has 1 rings (SSSR count). The van der Waals surface area contributed by atoms with E-state index in [1.165, 1.54) is 0 Å². The molecule has 0 saturated carbocycles. The van der Waals surface area contributed by atoms with Crippen LogP contribution in [0.3, 0.4) is 0 Å². The summed E-state index contributed by atoms with van der Waals surface area (Å²) in [5, 5.41) is 0. The second-order valence-electron chi connectivity index (χ2n) is 3.18. The van der Waals surface area contributed by atoms with Crippen molar-refractivity contribution in [3.63, 3.8) is 0 Å². The average molecular weight is 190 g/mol. The lowest BCUT2D eigenvalue weighted by Crippen LogP contribution is -1.86. The first-order valence-corrected chi connectivity index (χ1v) is 4.47. The van der Waals surface area contributed by atoms with Crippen molar-refractivity contribution in [1.82, 2.24) is 0 Å². The first kappa shape index (κ1) is 10.7. The van der Waals surface area contributed by atoms with Gasteiger partial charge in [-0.1, -0.05) is 24.3 Å². The van der Waals surface area contributed by atoms with E-state index < -0.39 is 0 Å². The third-order valence-corrected chi connectivity index (χ3v) is 1.87. The Hall–Kier alpha value is -1.41. The quantitative estimate of drug-likeness (QED) is 0.538. The highest BCUT2D eigenvalue weighted by Crippen LogP contribution is 2.08. The normalized spacial score (nSPS) is 11.4. The molecule has 0 radical (unpaired) electrons. The summed E-state index contributed by atoms with van der Waals surface area (Å²) in [4.78, 5) is 10.4. The zero-order valence-corrected chi connectivity index (χ0v) is 8.49. The van der Waals surface area contributed by atoms with Crippen molar-refractivity contribution < 1.29 is 9.53 Å². The fourth-order valence-corrected chi connectivity index (χ4v) is 1.17. The second kappa shape index (κ2) is 5.35. The summed E-state index contributed by atoms with van der Waals surface area (Å²) >= 11 is 0. The van der Waals surface area contributed by atoms with E-state index in [0.29, 0.717) is 6.61 Å². The van der Waals surface area contributed by atoms with Crippen LogP contribution in [0.1, 0.15) is 18.1 Å². The standard InChI is InChI=1S/C12H14O2/c1-10(8-13)7-11-3-5-12(6-4-11)9-14-2/h3-8H,9H2,1-2H3. The summed E-state index contributed by atoms with van der Waals surface area (Å²) in [5.41, 5.74) is 2.90. The molecule has 1 aromatic rings. The number of hydrogen-bond donors (Lipinski definition) is 0. The van der Waals surface area contributed by atoms with Gasteiger partial charge in [-0.2, -0.15) is 0 Å². The van der Waals surface area contributed by atoms with Gasteiger partial charge in [0.2, 0.25) is 0 Å². The molecule has 14 heavy (non-hydrogen) atoms. The Bertz CT molecular complexity index is 323. The predicted octanol–water partition coefficient (Wildman–Crippen LogP) is 2.44. The minimum Gasteiger partial charge on any atom is -0.380 e. The molecule has 2 heteroatoms. The lowest BCUT2D eigenvalue weighted by molar-refractivity contribution is -0.104. The van der Waals surface area contributed by atoms with Gasteiger partial charge < -0.3 is 4.74 Å². The molecule has 0 unspecified atom stereocenters. The van der Waals surface area contributed by atoms with E-state index in [1.807, 2.05) is 30.3 Å². The maximum absolute atomic E-state index is 10.4. The lowest BCUT2D eigenvalue weighted by atomic mass is 10.1. The molecular weight excluding hydrogens is 176 g/mol. The SMILES string of the molecule is COCc1ccc(C=C(C)C=O)cc1. The Balaban J connectivity index is 2.78.